The molecule has 3 heteroatoms. The van der Waals surface area contributed by atoms with Gasteiger partial charge in [0.05, 0.1) is 22.1 Å². The van der Waals surface area contributed by atoms with Crippen LogP contribution in [0.15, 0.2) is 152 Å². The molecule has 3 heterocycles. The molecular formula is C41H25N3. The van der Waals surface area contributed by atoms with Gasteiger partial charge in [-0.15, -0.1) is 0 Å². The van der Waals surface area contributed by atoms with Crippen molar-refractivity contribution in [2.24, 2.45) is 0 Å². The van der Waals surface area contributed by atoms with Gasteiger partial charge in [0.1, 0.15) is 0 Å². The normalized spacial score (nSPS) is 11.6. The van der Waals surface area contributed by atoms with Crippen molar-refractivity contribution in [3.05, 3.63) is 152 Å². The van der Waals surface area contributed by atoms with Gasteiger partial charge >= 0.3 is 0 Å². The highest BCUT2D eigenvalue weighted by Crippen LogP contribution is 2.38. The minimum absolute atomic E-state index is 0.936. The zero-order chi connectivity index (χ0) is 29.0. The molecule has 204 valence electrons. The molecule has 0 spiro atoms. The summed E-state index contributed by atoms with van der Waals surface area (Å²) in [5, 5.41) is 6.94. The van der Waals surface area contributed by atoms with E-state index in [0.29, 0.717) is 0 Å². The minimum atomic E-state index is 0.936. The van der Waals surface area contributed by atoms with E-state index in [4.69, 9.17) is 9.97 Å². The van der Waals surface area contributed by atoms with Crippen molar-refractivity contribution in [1.82, 2.24) is 15.0 Å². The molecule has 0 N–H and O–H groups in total. The third-order valence-electron chi connectivity index (χ3n) is 8.71. The smallest absolute Gasteiger partial charge is 0.0978 e. The van der Waals surface area contributed by atoms with Crippen LogP contribution in [0.1, 0.15) is 0 Å². The fraction of sp³-hybridized carbons (Fsp3) is 0. The molecule has 0 saturated carbocycles. The number of para-hydroxylation sites is 1. The van der Waals surface area contributed by atoms with Crippen LogP contribution in [-0.2, 0) is 0 Å². The van der Waals surface area contributed by atoms with Crippen LogP contribution < -0.4 is 0 Å². The molecule has 0 atom stereocenters. The van der Waals surface area contributed by atoms with Crippen molar-refractivity contribution in [1.29, 1.82) is 0 Å². The van der Waals surface area contributed by atoms with Gasteiger partial charge in [-0.2, -0.15) is 0 Å². The first-order valence-corrected chi connectivity index (χ1v) is 14.8. The van der Waals surface area contributed by atoms with E-state index in [1.54, 1.807) is 0 Å². The summed E-state index contributed by atoms with van der Waals surface area (Å²) in [6.45, 7) is 0. The van der Waals surface area contributed by atoms with Crippen LogP contribution >= 0.6 is 0 Å². The molecule has 0 amide bonds. The number of rotatable bonds is 3. The lowest BCUT2D eigenvalue weighted by Gasteiger charge is -2.14. The summed E-state index contributed by atoms with van der Waals surface area (Å²) in [5.74, 6) is 0. The van der Waals surface area contributed by atoms with Gasteiger partial charge in [0.15, 0.2) is 0 Å². The molecule has 0 radical (unpaired) electrons. The second kappa shape index (κ2) is 9.82. The fourth-order valence-corrected chi connectivity index (χ4v) is 6.49. The van der Waals surface area contributed by atoms with Crippen LogP contribution in [0.2, 0.25) is 0 Å². The molecule has 0 bridgehead atoms. The van der Waals surface area contributed by atoms with Crippen LogP contribution in [-0.4, -0.2) is 15.0 Å². The highest BCUT2D eigenvalue weighted by atomic mass is 14.7. The van der Waals surface area contributed by atoms with Crippen LogP contribution in [0.5, 0.6) is 0 Å². The Kier molecular flexibility index (Phi) is 5.50. The Morgan fingerprint density at radius 2 is 0.955 bits per heavy atom. The summed E-state index contributed by atoms with van der Waals surface area (Å²) in [4.78, 5) is 14.2. The molecule has 3 nitrogen and oxygen atoms in total. The van der Waals surface area contributed by atoms with Gasteiger partial charge in [-0.25, -0.2) is 4.98 Å². The quantitative estimate of drug-likeness (QED) is 0.160. The van der Waals surface area contributed by atoms with Crippen molar-refractivity contribution in [3.63, 3.8) is 0 Å². The Morgan fingerprint density at radius 3 is 1.77 bits per heavy atom. The van der Waals surface area contributed by atoms with E-state index in [0.717, 1.165) is 43.6 Å². The lowest BCUT2D eigenvalue weighted by atomic mass is 9.92. The molecule has 6 aromatic carbocycles. The Balaban J connectivity index is 1.12. The Morgan fingerprint density at radius 1 is 0.341 bits per heavy atom. The third kappa shape index (κ3) is 4.02. The van der Waals surface area contributed by atoms with Gasteiger partial charge in [-0.3, -0.25) is 9.97 Å². The molecule has 44 heavy (non-hydrogen) atoms. The average Bonchev–Trinajstić information content (AvgIpc) is 3.10. The van der Waals surface area contributed by atoms with Crippen LogP contribution in [0.3, 0.4) is 0 Å². The summed E-state index contributed by atoms with van der Waals surface area (Å²) in [6, 6.07) is 49.8. The van der Waals surface area contributed by atoms with Crippen molar-refractivity contribution < 1.29 is 0 Å². The third-order valence-corrected chi connectivity index (χ3v) is 8.71. The summed E-state index contributed by atoms with van der Waals surface area (Å²) >= 11 is 0. The minimum Gasteiger partial charge on any atom is -0.256 e. The maximum atomic E-state index is 5.07. The molecule has 9 aromatic rings. The SMILES string of the molecule is c1cnc2ccc(-c3ccc(-c4ccc5cc(-c6c7ccccc7nc7c6ccc6cccnc67)ccc5c4)cc3)cc2c1. The predicted octanol–water partition coefficient (Wildman–Crippen LogP) is 10.6. The number of hydrogen-bond donors (Lipinski definition) is 0. The van der Waals surface area contributed by atoms with Gasteiger partial charge in [0.25, 0.3) is 0 Å². The van der Waals surface area contributed by atoms with E-state index in [1.165, 1.54) is 44.2 Å². The van der Waals surface area contributed by atoms with Crippen molar-refractivity contribution in [3.8, 4) is 33.4 Å². The molecular weight excluding hydrogens is 534 g/mol. The fourth-order valence-electron chi connectivity index (χ4n) is 6.49. The second-order valence-electron chi connectivity index (χ2n) is 11.3. The molecule has 0 fully saturated rings. The number of benzene rings is 6. The second-order valence-corrected chi connectivity index (χ2v) is 11.3. The number of fused-ring (bicyclic) bond motifs is 6. The molecule has 9 rings (SSSR count). The molecule has 0 aliphatic heterocycles. The van der Waals surface area contributed by atoms with Crippen molar-refractivity contribution >= 4 is 54.4 Å². The summed E-state index contributed by atoms with van der Waals surface area (Å²) in [7, 11) is 0. The molecule has 0 aliphatic rings. The number of pyridine rings is 3. The molecule has 0 unspecified atom stereocenters. The maximum absolute atomic E-state index is 5.07. The van der Waals surface area contributed by atoms with Gasteiger partial charge in [0, 0.05) is 39.5 Å². The van der Waals surface area contributed by atoms with Gasteiger partial charge in [0.2, 0.25) is 0 Å². The lowest BCUT2D eigenvalue weighted by molar-refractivity contribution is 1.40. The highest BCUT2D eigenvalue weighted by molar-refractivity contribution is 6.16. The molecule has 0 saturated heterocycles. The van der Waals surface area contributed by atoms with Crippen molar-refractivity contribution in [2.45, 2.75) is 0 Å². The predicted molar refractivity (Wildman–Crippen MR) is 184 cm³/mol. The standard InChI is InChI=1S/C41H25N3/c1-2-8-38-35(7-1)39(36-19-17-28-5-3-22-43-40(28)41(36)44-38)34-16-15-31-23-29(13-14-32(31)25-34)26-9-11-27(12-10-26)30-18-20-37-33(24-30)6-4-21-42-37/h1-25H. The summed E-state index contributed by atoms with van der Waals surface area (Å²) in [5.41, 5.74) is 11.1. The van der Waals surface area contributed by atoms with Gasteiger partial charge in [-0.1, -0.05) is 97.1 Å². The molecule has 0 aliphatic carbocycles. The topological polar surface area (TPSA) is 38.7 Å². The zero-order valence-corrected chi connectivity index (χ0v) is 23.8. The first kappa shape index (κ1) is 24.6. The number of hydrogen-bond acceptors (Lipinski definition) is 3. The van der Waals surface area contributed by atoms with Crippen molar-refractivity contribution in [2.75, 3.05) is 0 Å². The summed E-state index contributed by atoms with van der Waals surface area (Å²) < 4.78 is 0. The lowest BCUT2D eigenvalue weighted by Crippen LogP contribution is -1.91. The van der Waals surface area contributed by atoms with Crippen LogP contribution in [0, 0.1) is 0 Å². The Bertz CT molecular complexity index is 2550. The highest BCUT2D eigenvalue weighted by Gasteiger charge is 2.14. The van der Waals surface area contributed by atoms with Crippen LogP contribution in [0.4, 0.5) is 0 Å². The molecule has 3 aromatic heterocycles. The number of aromatic nitrogens is 3. The Hall–Kier alpha value is -5.93. The largest absolute Gasteiger partial charge is 0.256 e. The van der Waals surface area contributed by atoms with Gasteiger partial charge < -0.3 is 0 Å². The summed E-state index contributed by atoms with van der Waals surface area (Å²) in [6.07, 6.45) is 3.68. The zero-order valence-electron chi connectivity index (χ0n) is 23.8. The van der Waals surface area contributed by atoms with E-state index in [1.807, 2.05) is 24.5 Å². The Labute approximate surface area is 254 Å². The van der Waals surface area contributed by atoms with E-state index >= 15 is 0 Å². The van der Waals surface area contributed by atoms with E-state index in [2.05, 4.69) is 132 Å². The van der Waals surface area contributed by atoms with Crippen LogP contribution in [0.25, 0.3) is 87.8 Å². The first-order chi connectivity index (χ1) is 21.8. The van der Waals surface area contributed by atoms with E-state index in [9.17, 15) is 0 Å². The van der Waals surface area contributed by atoms with E-state index < -0.39 is 0 Å². The van der Waals surface area contributed by atoms with Gasteiger partial charge in [-0.05, 0) is 81.1 Å². The first-order valence-electron chi connectivity index (χ1n) is 14.8. The number of nitrogens with zero attached hydrogens (tertiary/aromatic N) is 3. The monoisotopic (exact) mass is 559 g/mol. The van der Waals surface area contributed by atoms with E-state index in [-0.39, 0.29) is 0 Å². The average molecular weight is 560 g/mol. The maximum Gasteiger partial charge on any atom is 0.0978 e.